The minimum Gasteiger partial charge on any atom is -0.469 e. The standard InChI is InChI=1S/C11H22N2O3/c1-8(6-12)5-10(14)13(3)7-9(2)11(15)16-4/h8-9H,5-7,12H2,1-4H3. The first-order valence-corrected chi connectivity index (χ1v) is 5.44. The minimum absolute atomic E-state index is 0.00806. The Bertz CT molecular complexity index is 243. The van der Waals surface area contributed by atoms with Crippen LogP contribution in [0.1, 0.15) is 20.3 Å². The van der Waals surface area contributed by atoms with Crippen molar-refractivity contribution in [1.29, 1.82) is 0 Å². The van der Waals surface area contributed by atoms with Gasteiger partial charge in [0.05, 0.1) is 13.0 Å². The summed E-state index contributed by atoms with van der Waals surface area (Å²) in [6.07, 6.45) is 0.418. The molecule has 0 spiro atoms. The van der Waals surface area contributed by atoms with E-state index >= 15 is 0 Å². The van der Waals surface area contributed by atoms with Gasteiger partial charge in [-0.3, -0.25) is 9.59 Å². The molecule has 1 amide bonds. The van der Waals surface area contributed by atoms with Crippen LogP contribution in [0.15, 0.2) is 0 Å². The summed E-state index contributed by atoms with van der Waals surface area (Å²) in [4.78, 5) is 24.4. The first-order valence-electron chi connectivity index (χ1n) is 5.44. The summed E-state index contributed by atoms with van der Waals surface area (Å²) in [6, 6.07) is 0. The number of carbonyl (C=O) groups is 2. The van der Waals surface area contributed by atoms with Crippen molar-refractivity contribution in [3.63, 3.8) is 0 Å². The third kappa shape index (κ3) is 5.11. The number of hydrogen-bond donors (Lipinski definition) is 1. The maximum absolute atomic E-state index is 11.7. The molecule has 5 nitrogen and oxygen atoms in total. The van der Waals surface area contributed by atoms with E-state index in [0.717, 1.165) is 0 Å². The van der Waals surface area contributed by atoms with Crippen molar-refractivity contribution in [2.24, 2.45) is 17.6 Å². The van der Waals surface area contributed by atoms with Gasteiger partial charge in [-0.25, -0.2) is 0 Å². The number of rotatable bonds is 6. The van der Waals surface area contributed by atoms with Crippen molar-refractivity contribution in [2.75, 3.05) is 27.2 Å². The zero-order valence-electron chi connectivity index (χ0n) is 10.5. The Kier molecular flexibility index (Phi) is 6.72. The van der Waals surface area contributed by atoms with Crippen LogP contribution in [0.25, 0.3) is 0 Å². The first-order chi connectivity index (χ1) is 7.42. The summed E-state index contributed by atoms with van der Waals surface area (Å²) in [5.41, 5.74) is 5.45. The van der Waals surface area contributed by atoms with E-state index in [4.69, 9.17) is 5.73 Å². The van der Waals surface area contributed by atoms with Crippen molar-refractivity contribution >= 4 is 11.9 Å². The molecule has 5 heteroatoms. The molecule has 0 saturated carbocycles. The quantitative estimate of drug-likeness (QED) is 0.663. The van der Waals surface area contributed by atoms with Crippen LogP contribution in [-0.4, -0.2) is 44.0 Å². The lowest BCUT2D eigenvalue weighted by Gasteiger charge is -2.21. The molecule has 16 heavy (non-hydrogen) atoms. The summed E-state index contributed by atoms with van der Waals surface area (Å²) in [5, 5.41) is 0. The topological polar surface area (TPSA) is 72.6 Å². The summed E-state index contributed by atoms with van der Waals surface area (Å²) in [7, 11) is 3.03. The van der Waals surface area contributed by atoms with Crippen LogP contribution in [0.5, 0.6) is 0 Å². The van der Waals surface area contributed by atoms with Gasteiger partial charge in [-0.1, -0.05) is 13.8 Å². The molecule has 0 heterocycles. The lowest BCUT2D eigenvalue weighted by Crippen LogP contribution is -2.35. The maximum atomic E-state index is 11.7. The Hall–Kier alpha value is -1.10. The molecule has 94 valence electrons. The predicted molar refractivity (Wildman–Crippen MR) is 61.7 cm³/mol. The number of hydrogen-bond acceptors (Lipinski definition) is 4. The van der Waals surface area contributed by atoms with Gasteiger partial charge in [-0.15, -0.1) is 0 Å². The highest BCUT2D eigenvalue weighted by molar-refractivity contribution is 5.77. The average Bonchev–Trinajstić information content (AvgIpc) is 2.27. The fraction of sp³-hybridized carbons (Fsp3) is 0.818. The van der Waals surface area contributed by atoms with E-state index in [1.54, 1.807) is 18.9 Å². The van der Waals surface area contributed by atoms with Crippen molar-refractivity contribution in [3.05, 3.63) is 0 Å². The molecule has 2 N–H and O–H groups in total. The normalized spacial score (nSPS) is 14.1. The number of ether oxygens (including phenoxy) is 1. The van der Waals surface area contributed by atoms with E-state index in [1.807, 2.05) is 6.92 Å². The van der Waals surface area contributed by atoms with Gasteiger partial charge in [0.2, 0.25) is 5.91 Å². The van der Waals surface area contributed by atoms with Crippen LogP contribution in [0.2, 0.25) is 0 Å². The number of amides is 1. The van der Waals surface area contributed by atoms with E-state index in [-0.39, 0.29) is 23.7 Å². The molecular weight excluding hydrogens is 208 g/mol. The summed E-state index contributed by atoms with van der Waals surface area (Å²) >= 11 is 0. The molecule has 2 unspecified atom stereocenters. The second-order valence-electron chi connectivity index (χ2n) is 4.24. The minimum atomic E-state index is -0.300. The first kappa shape index (κ1) is 14.9. The number of nitrogens with zero attached hydrogens (tertiary/aromatic N) is 1. The second kappa shape index (κ2) is 7.22. The van der Waals surface area contributed by atoms with Crippen LogP contribution >= 0.6 is 0 Å². The van der Waals surface area contributed by atoms with E-state index in [0.29, 0.717) is 19.5 Å². The lowest BCUT2D eigenvalue weighted by atomic mass is 10.1. The molecule has 0 aliphatic rings. The third-order valence-electron chi connectivity index (χ3n) is 2.50. The Labute approximate surface area is 96.9 Å². The predicted octanol–water partition coefficient (Wildman–Crippen LogP) is 0.239. The van der Waals surface area contributed by atoms with E-state index in [1.165, 1.54) is 7.11 Å². The monoisotopic (exact) mass is 230 g/mol. The molecule has 0 rings (SSSR count). The Morgan fingerprint density at radius 1 is 1.38 bits per heavy atom. The zero-order valence-corrected chi connectivity index (χ0v) is 10.5. The van der Waals surface area contributed by atoms with Gasteiger partial charge in [0.1, 0.15) is 0 Å². The summed E-state index contributed by atoms with van der Waals surface area (Å²) in [5.74, 6) is -0.421. The van der Waals surface area contributed by atoms with Gasteiger partial charge in [-0.2, -0.15) is 0 Å². The average molecular weight is 230 g/mol. The highest BCUT2D eigenvalue weighted by Gasteiger charge is 2.19. The van der Waals surface area contributed by atoms with Gasteiger partial charge >= 0.3 is 5.97 Å². The number of methoxy groups -OCH3 is 1. The second-order valence-corrected chi connectivity index (χ2v) is 4.24. The molecule has 0 aromatic carbocycles. The van der Waals surface area contributed by atoms with Gasteiger partial charge < -0.3 is 15.4 Å². The fourth-order valence-corrected chi connectivity index (χ4v) is 1.33. The Morgan fingerprint density at radius 2 is 1.94 bits per heavy atom. The molecule has 2 atom stereocenters. The van der Waals surface area contributed by atoms with Crippen molar-refractivity contribution in [2.45, 2.75) is 20.3 Å². The van der Waals surface area contributed by atoms with Gasteiger partial charge in [0.15, 0.2) is 0 Å². The number of esters is 1. The maximum Gasteiger partial charge on any atom is 0.310 e. The molecule has 0 saturated heterocycles. The van der Waals surface area contributed by atoms with E-state index in [9.17, 15) is 9.59 Å². The van der Waals surface area contributed by atoms with Gasteiger partial charge in [0, 0.05) is 20.0 Å². The van der Waals surface area contributed by atoms with Crippen molar-refractivity contribution in [3.8, 4) is 0 Å². The number of carbonyl (C=O) groups excluding carboxylic acids is 2. The van der Waals surface area contributed by atoms with Crippen LogP contribution in [0.3, 0.4) is 0 Å². The number of nitrogens with two attached hydrogens (primary N) is 1. The van der Waals surface area contributed by atoms with Gasteiger partial charge in [-0.05, 0) is 12.5 Å². The third-order valence-corrected chi connectivity index (χ3v) is 2.50. The molecule has 0 aromatic rings. The van der Waals surface area contributed by atoms with Crippen molar-refractivity contribution < 1.29 is 14.3 Å². The fourth-order valence-electron chi connectivity index (χ4n) is 1.33. The molecule has 0 fully saturated rings. The molecule has 0 radical (unpaired) electrons. The van der Waals surface area contributed by atoms with Crippen LogP contribution in [0.4, 0.5) is 0 Å². The van der Waals surface area contributed by atoms with E-state index < -0.39 is 0 Å². The summed E-state index contributed by atoms with van der Waals surface area (Å²) < 4.78 is 4.60. The highest BCUT2D eigenvalue weighted by atomic mass is 16.5. The lowest BCUT2D eigenvalue weighted by molar-refractivity contribution is -0.146. The highest BCUT2D eigenvalue weighted by Crippen LogP contribution is 2.06. The van der Waals surface area contributed by atoms with Crippen LogP contribution < -0.4 is 5.73 Å². The smallest absolute Gasteiger partial charge is 0.310 e. The van der Waals surface area contributed by atoms with Crippen LogP contribution in [0, 0.1) is 11.8 Å². The molecule has 0 aromatic heterocycles. The largest absolute Gasteiger partial charge is 0.469 e. The molecule has 0 aliphatic carbocycles. The molecule has 0 aliphatic heterocycles. The van der Waals surface area contributed by atoms with E-state index in [2.05, 4.69) is 4.74 Å². The van der Waals surface area contributed by atoms with Gasteiger partial charge in [0.25, 0.3) is 0 Å². The molecular formula is C11H22N2O3. The Balaban J connectivity index is 4.09. The zero-order chi connectivity index (χ0) is 12.7. The SMILES string of the molecule is COC(=O)C(C)CN(C)C(=O)CC(C)CN. The Morgan fingerprint density at radius 3 is 2.38 bits per heavy atom. The van der Waals surface area contributed by atoms with Crippen molar-refractivity contribution in [1.82, 2.24) is 4.90 Å². The summed E-state index contributed by atoms with van der Waals surface area (Å²) in [6.45, 7) is 4.53. The van der Waals surface area contributed by atoms with Crippen LogP contribution in [-0.2, 0) is 14.3 Å². The molecule has 0 bridgehead atoms.